The number of nitrogens with zero attached hydrogens (tertiary/aromatic N) is 2. The molecule has 3 rings (SSSR count). The van der Waals surface area contributed by atoms with Crippen molar-refractivity contribution in [3.05, 3.63) is 0 Å². The number of piperidine rings is 2. The quantitative estimate of drug-likeness (QED) is 0.801. The zero-order chi connectivity index (χ0) is 17.9. The number of nitrogens with one attached hydrogen (secondary N) is 1. The molecule has 1 unspecified atom stereocenters. The predicted octanol–water partition coefficient (Wildman–Crippen LogP) is 1.46. The average molecular weight is 359 g/mol. The predicted molar refractivity (Wildman–Crippen MR) is 91.6 cm³/mol. The second-order valence-electron chi connectivity index (χ2n) is 8.06. The van der Waals surface area contributed by atoms with Gasteiger partial charge in [-0.3, -0.25) is 4.79 Å². The fourth-order valence-corrected chi connectivity index (χ4v) is 4.34. The molecular weight excluding hydrogens is 328 g/mol. The van der Waals surface area contributed by atoms with Crippen molar-refractivity contribution in [3.63, 3.8) is 0 Å². The lowest BCUT2D eigenvalue weighted by Crippen LogP contribution is -2.48. The number of hydrogen-bond donors (Lipinski definition) is 2. The highest BCUT2D eigenvalue weighted by Crippen LogP contribution is 2.31. The summed E-state index contributed by atoms with van der Waals surface area (Å²) < 4.78 is 26.6. The van der Waals surface area contributed by atoms with E-state index >= 15 is 0 Å². The van der Waals surface area contributed by atoms with Gasteiger partial charge >= 0.3 is 0 Å². The van der Waals surface area contributed by atoms with Gasteiger partial charge in [-0.15, -0.1) is 0 Å². The number of carbonyl (C=O) groups is 1. The topological polar surface area (TPSA) is 55.8 Å². The molecule has 3 fully saturated rings. The Hall–Kier alpha value is -0.790. The Morgan fingerprint density at radius 2 is 1.72 bits per heavy atom. The van der Waals surface area contributed by atoms with Crippen molar-refractivity contribution in [2.24, 2.45) is 5.92 Å². The maximum absolute atomic E-state index is 13.3. The first kappa shape index (κ1) is 19.0. The Morgan fingerprint density at radius 3 is 2.40 bits per heavy atom. The minimum Gasteiger partial charge on any atom is -0.388 e. The fraction of sp³-hybridized carbons (Fsp3) is 0.944. The van der Waals surface area contributed by atoms with E-state index in [9.17, 15) is 18.7 Å². The van der Waals surface area contributed by atoms with Crippen LogP contribution < -0.4 is 5.32 Å². The molecular formula is C18H31F2N3O2. The monoisotopic (exact) mass is 359 g/mol. The maximum atomic E-state index is 13.3. The molecule has 0 aromatic rings. The normalized spacial score (nSPS) is 32.4. The minimum atomic E-state index is -2.55. The molecule has 0 saturated carbocycles. The first-order valence-corrected chi connectivity index (χ1v) is 9.69. The van der Waals surface area contributed by atoms with Gasteiger partial charge in [0.25, 0.3) is 5.92 Å². The van der Waals surface area contributed by atoms with Crippen molar-refractivity contribution in [3.8, 4) is 0 Å². The van der Waals surface area contributed by atoms with Gasteiger partial charge in [0.1, 0.15) is 0 Å². The van der Waals surface area contributed by atoms with Crippen LogP contribution >= 0.6 is 0 Å². The summed E-state index contributed by atoms with van der Waals surface area (Å²) in [7, 11) is 0. The number of alkyl halides is 2. The van der Waals surface area contributed by atoms with Gasteiger partial charge in [0.15, 0.2) is 0 Å². The van der Waals surface area contributed by atoms with E-state index in [2.05, 4.69) is 5.32 Å². The Balaban J connectivity index is 1.51. The minimum absolute atomic E-state index is 0.108. The summed E-state index contributed by atoms with van der Waals surface area (Å²) in [5, 5.41) is 14.2. The molecule has 2 N–H and O–H groups in total. The zero-order valence-corrected chi connectivity index (χ0v) is 15.0. The summed E-state index contributed by atoms with van der Waals surface area (Å²) in [4.78, 5) is 16.6. The van der Waals surface area contributed by atoms with Crippen LogP contribution in [0.25, 0.3) is 0 Å². The lowest BCUT2D eigenvalue weighted by Gasteiger charge is -2.37. The van der Waals surface area contributed by atoms with Crippen LogP contribution in [0, 0.1) is 5.92 Å². The van der Waals surface area contributed by atoms with Gasteiger partial charge in [0.2, 0.25) is 5.91 Å². The van der Waals surface area contributed by atoms with E-state index in [1.165, 1.54) is 0 Å². The third kappa shape index (κ3) is 5.11. The molecule has 144 valence electrons. The molecule has 3 heterocycles. The Labute approximate surface area is 148 Å². The largest absolute Gasteiger partial charge is 0.388 e. The third-order valence-corrected chi connectivity index (χ3v) is 6.02. The van der Waals surface area contributed by atoms with Crippen LogP contribution in [-0.4, -0.2) is 78.2 Å². The number of β-amino-alcohol motifs (C(OH)–C–C–N with tert-alkyl or cyclic N) is 1. The standard InChI is InChI=1S/C18H31F2N3O2/c19-18(20)6-11-22(12-7-18)14-17(25)4-1-10-23(13-5-17)16(24)15-2-8-21-9-3-15/h15,21,25H,1-14H2. The lowest BCUT2D eigenvalue weighted by molar-refractivity contribution is -0.136. The molecule has 25 heavy (non-hydrogen) atoms. The highest BCUT2D eigenvalue weighted by molar-refractivity contribution is 5.79. The van der Waals surface area contributed by atoms with Gasteiger partial charge in [-0.25, -0.2) is 8.78 Å². The molecule has 0 aromatic carbocycles. The van der Waals surface area contributed by atoms with E-state index in [1.807, 2.05) is 9.80 Å². The summed E-state index contributed by atoms with van der Waals surface area (Å²) >= 11 is 0. The Kier molecular flexibility index (Phi) is 5.96. The van der Waals surface area contributed by atoms with E-state index in [0.29, 0.717) is 45.6 Å². The molecule has 3 aliphatic heterocycles. The number of aliphatic hydroxyl groups is 1. The van der Waals surface area contributed by atoms with E-state index in [4.69, 9.17) is 0 Å². The molecule has 0 aliphatic carbocycles. The van der Waals surface area contributed by atoms with Gasteiger partial charge in [-0.2, -0.15) is 0 Å². The van der Waals surface area contributed by atoms with E-state index in [1.54, 1.807) is 0 Å². The molecule has 3 saturated heterocycles. The molecule has 7 heteroatoms. The number of amides is 1. The first-order chi connectivity index (χ1) is 11.9. The SMILES string of the molecule is O=C(C1CCNCC1)N1CCCC(O)(CN2CCC(F)(F)CC2)CC1. The van der Waals surface area contributed by atoms with E-state index in [-0.39, 0.29) is 24.7 Å². The number of likely N-dealkylation sites (tertiary alicyclic amines) is 2. The second-order valence-corrected chi connectivity index (χ2v) is 8.06. The van der Waals surface area contributed by atoms with Crippen LogP contribution in [0.3, 0.4) is 0 Å². The van der Waals surface area contributed by atoms with Crippen LogP contribution in [0.2, 0.25) is 0 Å². The summed E-state index contributed by atoms with van der Waals surface area (Å²) in [6.45, 7) is 4.19. The summed E-state index contributed by atoms with van der Waals surface area (Å²) in [5.41, 5.74) is -0.865. The molecule has 3 aliphatic rings. The molecule has 0 aromatic heterocycles. The molecule has 0 radical (unpaired) electrons. The Morgan fingerprint density at radius 1 is 1.04 bits per heavy atom. The van der Waals surface area contributed by atoms with Gasteiger partial charge < -0.3 is 20.2 Å². The highest BCUT2D eigenvalue weighted by Gasteiger charge is 2.39. The number of carbonyl (C=O) groups excluding carboxylic acids is 1. The maximum Gasteiger partial charge on any atom is 0.250 e. The first-order valence-electron chi connectivity index (χ1n) is 9.69. The van der Waals surface area contributed by atoms with Crippen LogP contribution in [0.5, 0.6) is 0 Å². The van der Waals surface area contributed by atoms with Gasteiger partial charge in [0, 0.05) is 51.5 Å². The highest BCUT2D eigenvalue weighted by atomic mass is 19.3. The molecule has 0 bridgehead atoms. The summed E-state index contributed by atoms with van der Waals surface area (Å²) in [6.07, 6.45) is 3.49. The third-order valence-electron chi connectivity index (χ3n) is 6.02. The summed E-state index contributed by atoms with van der Waals surface area (Å²) in [6, 6.07) is 0. The van der Waals surface area contributed by atoms with Crippen molar-refractivity contribution >= 4 is 5.91 Å². The van der Waals surface area contributed by atoms with Crippen molar-refractivity contribution < 1.29 is 18.7 Å². The smallest absolute Gasteiger partial charge is 0.250 e. The fourth-order valence-electron chi connectivity index (χ4n) is 4.34. The van der Waals surface area contributed by atoms with Crippen molar-refractivity contribution in [2.75, 3.05) is 45.8 Å². The van der Waals surface area contributed by atoms with E-state index < -0.39 is 11.5 Å². The number of rotatable bonds is 3. The van der Waals surface area contributed by atoms with Crippen molar-refractivity contribution in [1.82, 2.24) is 15.1 Å². The second kappa shape index (κ2) is 7.84. The lowest BCUT2D eigenvalue weighted by atomic mass is 9.93. The van der Waals surface area contributed by atoms with Crippen LogP contribution in [0.15, 0.2) is 0 Å². The van der Waals surface area contributed by atoms with Gasteiger partial charge in [-0.1, -0.05) is 0 Å². The summed E-state index contributed by atoms with van der Waals surface area (Å²) in [5.74, 6) is -2.22. The molecule has 0 spiro atoms. The van der Waals surface area contributed by atoms with Crippen LogP contribution in [0.4, 0.5) is 8.78 Å². The van der Waals surface area contributed by atoms with Crippen molar-refractivity contribution in [2.45, 2.75) is 56.5 Å². The van der Waals surface area contributed by atoms with E-state index in [0.717, 1.165) is 32.4 Å². The molecule has 1 atom stereocenters. The zero-order valence-electron chi connectivity index (χ0n) is 15.0. The number of hydrogen-bond acceptors (Lipinski definition) is 4. The van der Waals surface area contributed by atoms with Crippen molar-refractivity contribution in [1.29, 1.82) is 0 Å². The molecule has 5 nitrogen and oxygen atoms in total. The van der Waals surface area contributed by atoms with Crippen LogP contribution in [-0.2, 0) is 4.79 Å². The average Bonchev–Trinajstić information content (AvgIpc) is 2.79. The Bertz CT molecular complexity index is 461. The van der Waals surface area contributed by atoms with Gasteiger partial charge in [-0.05, 0) is 45.2 Å². The van der Waals surface area contributed by atoms with Crippen LogP contribution in [0.1, 0.15) is 44.9 Å². The molecule has 1 amide bonds. The van der Waals surface area contributed by atoms with Gasteiger partial charge in [0.05, 0.1) is 5.60 Å². The number of halogens is 2.